The van der Waals surface area contributed by atoms with Crippen molar-refractivity contribution in [2.75, 3.05) is 31.1 Å². The quantitative estimate of drug-likeness (QED) is 0.506. The SMILES string of the molecule is Cc1cc(N2CCN(Cc3cc(=O)n4ccsc4n3)CC2)ccc1[N+](=O)[O-]. The van der Waals surface area contributed by atoms with Gasteiger partial charge in [-0.25, -0.2) is 4.98 Å². The van der Waals surface area contributed by atoms with E-state index >= 15 is 0 Å². The Balaban J connectivity index is 1.42. The third kappa shape index (κ3) is 3.56. The Bertz CT molecular complexity index is 1050. The molecule has 0 unspecified atom stereocenters. The number of piperazine rings is 1. The molecule has 27 heavy (non-hydrogen) atoms. The van der Waals surface area contributed by atoms with Crippen molar-refractivity contribution in [3.05, 3.63) is 67.6 Å². The molecule has 8 nitrogen and oxygen atoms in total. The van der Waals surface area contributed by atoms with E-state index in [2.05, 4.69) is 14.8 Å². The molecule has 9 heteroatoms. The van der Waals surface area contributed by atoms with E-state index < -0.39 is 0 Å². The number of rotatable bonds is 4. The van der Waals surface area contributed by atoms with Crippen LogP contribution in [0.1, 0.15) is 11.3 Å². The minimum atomic E-state index is -0.350. The van der Waals surface area contributed by atoms with Gasteiger partial charge in [-0.3, -0.25) is 24.2 Å². The third-order valence-corrected chi connectivity index (χ3v) is 5.61. The first kappa shape index (κ1) is 17.6. The van der Waals surface area contributed by atoms with Gasteiger partial charge < -0.3 is 4.90 Å². The molecule has 4 rings (SSSR count). The number of hydrogen-bond donors (Lipinski definition) is 0. The molecule has 140 valence electrons. The van der Waals surface area contributed by atoms with Gasteiger partial charge in [-0.1, -0.05) is 0 Å². The van der Waals surface area contributed by atoms with Gasteiger partial charge in [0.15, 0.2) is 4.96 Å². The van der Waals surface area contributed by atoms with Gasteiger partial charge in [0.05, 0.1) is 10.6 Å². The molecule has 1 aliphatic rings. The Kier molecular flexibility index (Phi) is 4.63. The van der Waals surface area contributed by atoms with E-state index in [1.165, 1.54) is 11.3 Å². The van der Waals surface area contributed by atoms with E-state index in [4.69, 9.17) is 0 Å². The van der Waals surface area contributed by atoms with E-state index in [1.807, 2.05) is 17.5 Å². The molecular formula is C18H19N5O3S. The van der Waals surface area contributed by atoms with Crippen LogP contribution in [0.15, 0.2) is 40.6 Å². The van der Waals surface area contributed by atoms with Gasteiger partial charge in [0.25, 0.3) is 11.2 Å². The Morgan fingerprint density at radius 1 is 1.22 bits per heavy atom. The number of benzene rings is 1. The maximum Gasteiger partial charge on any atom is 0.272 e. The van der Waals surface area contributed by atoms with E-state index in [0.717, 1.165) is 42.5 Å². The Labute approximate surface area is 159 Å². The number of thiazole rings is 1. The van der Waals surface area contributed by atoms with E-state index in [0.29, 0.717) is 12.1 Å². The summed E-state index contributed by atoms with van der Waals surface area (Å²) in [6.07, 6.45) is 1.74. The average molecular weight is 385 g/mol. The topological polar surface area (TPSA) is 84.0 Å². The molecule has 0 radical (unpaired) electrons. The summed E-state index contributed by atoms with van der Waals surface area (Å²) in [5.41, 5.74) is 2.58. The van der Waals surface area contributed by atoms with Crippen LogP contribution in [-0.4, -0.2) is 45.4 Å². The van der Waals surface area contributed by atoms with Crippen LogP contribution < -0.4 is 10.5 Å². The van der Waals surface area contributed by atoms with Crippen LogP contribution in [0.5, 0.6) is 0 Å². The number of nitrogens with zero attached hydrogens (tertiary/aromatic N) is 5. The number of nitro benzene ring substituents is 1. The molecule has 0 spiro atoms. The first-order valence-corrected chi connectivity index (χ1v) is 9.57. The summed E-state index contributed by atoms with van der Waals surface area (Å²) in [6.45, 7) is 5.78. The minimum Gasteiger partial charge on any atom is -0.369 e. The second-order valence-corrected chi connectivity index (χ2v) is 7.51. The van der Waals surface area contributed by atoms with Crippen molar-refractivity contribution in [3.8, 4) is 0 Å². The molecular weight excluding hydrogens is 366 g/mol. The lowest BCUT2D eigenvalue weighted by Gasteiger charge is -2.36. The van der Waals surface area contributed by atoms with Crippen LogP contribution in [0.2, 0.25) is 0 Å². The van der Waals surface area contributed by atoms with Crippen LogP contribution in [0.25, 0.3) is 4.96 Å². The molecule has 0 bridgehead atoms. The molecule has 1 aliphatic heterocycles. The van der Waals surface area contributed by atoms with Crippen molar-refractivity contribution in [3.63, 3.8) is 0 Å². The average Bonchev–Trinajstić information content (AvgIpc) is 3.11. The van der Waals surface area contributed by atoms with Crippen molar-refractivity contribution in [2.45, 2.75) is 13.5 Å². The summed E-state index contributed by atoms with van der Waals surface area (Å²) >= 11 is 1.46. The van der Waals surface area contributed by atoms with Gasteiger partial charge in [0.1, 0.15) is 0 Å². The Morgan fingerprint density at radius 3 is 2.70 bits per heavy atom. The van der Waals surface area contributed by atoms with Crippen molar-refractivity contribution in [2.24, 2.45) is 0 Å². The summed E-state index contributed by atoms with van der Waals surface area (Å²) in [4.78, 5) is 32.5. The van der Waals surface area contributed by atoms with Gasteiger partial charge in [0.2, 0.25) is 0 Å². The van der Waals surface area contributed by atoms with Gasteiger partial charge in [-0.2, -0.15) is 0 Å². The van der Waals surface area contributed by atoms with Crippen LogP contribution in [0.4, 0.5) is 11.4 Å². The van der Waals surface area contributed by atoms with Crippen molar-refractivity contribution in [1.82, 2.24) is 14.3 Å². The highest BCUT2D eigenvalue weighted by atomic mass is 32.1. The first-order valence-electron chi connectivity index (χ1n) is 8.69. The van der Waals surface area contributed by atoms with E-state index in [9.17, 15) is 14.9 Å². The van der Waals surface area contributed by atoms with Crippen molar-refractivity contribution in [1.29, 1.82) is 0 Å². The summed E-state index contributed by atoms with van der Waals surface area (Å²) in [6, 6.07) is 6.87. The predicted octanol–water partition coefficient (Wildman–Crippen LogP) is 2.29. The highest BCUT2D eigenvalue weighted by Gasteiger charge is 2.20. The van der Waals surface area contributed by atoms with Crippen LogP contribution in [0.3, 0.4) is 0 Å². The highest BCUT2D eigenvalue weighted by molar-refractivity contribution is 7.15. The van der Waals surface area contributed by atoms with Crippen LogP contribution in [0, 0.1) is 17.0 Å². The maximum atomic E-state index is 12.1. The van der Waals surface area contributed by atoms with Gasteiger partial charge in [-0.05, 0) is 19.1 Å². The van der Waals surface area contributed by atoms with Crippen LogP contribution in [-0.2, 0) is 6.54 Å². The standard InChI is InChI=1S/C18H19N5O3S/c1-13-10-15(2-3-16(13)23(25)26)21-6-4-20(5-7-21)12-14-11-17(24)22-8-9-27-18(22)19-14/h2-3,8-11H,4-7,12H2,1H3. The number of anilines is 1. The van der Waals surface area contributed by atoms with Gasteiger partial charge in [-0.15, -0.1) is 11.3 Å². The molecule has 1 fully saturated rings. The number of aromatic nitrogens is 2. The second-order valence-electron chi connectivity index (χ2n) is 6.63. The zero-order valence-electron chi connectivity index (χ0n) is 14.9. The zero-order valence-corrected chi connectivity index (χ0v) is 15.7. The smallest absolute Gasteiger partial charge is 0.272 e. The summed E-state index contributed by atoms with van der Waals surface area (Å²) in [7, 11) is 0. The lowest BCUT2D eigenvalue weighted by atomic mass is 10.1. The van der Waals surface area contributed by atoms with E-state index in [1.54, 1.807) is 29.7 Å². The highest BCUT2D eigenvalue weighted by Crippen LogP contribution is 2.25. The zero-order chi connectivity index (χ0) is 19.0. The number of hydrogen-bond acceptors (Lipinski definition) is 7. The predicted molar refractivity (Wildman–Crippen MR) is 105 cm³/mol. The fourth-order valence-electron chi connectivity index (χ4n) is 3.40. The van der Waals surface area contributed by atoms with Crippen molar-refractivity contribution >= 4 is 27.7 Å². The minimum absolute atomic E-state index is 0.0451. The number of nitro groups is 1. The Morgan fingerprint density at radius 2 is 2.00 bits per heavy atom. The van der Waals surface area contributed by atoms with Gasteiger partial charge in [0, 0.05) is 67.7 Å². The summed E-state index contributed by atoms with van der Waals surface area (Å²) < 4.78 is 1.56. The van der Waals surface area contributed by atoms with Gasteiger partial charge >= 0.3 is 0 Å². The lowest BCUT2D eigenvalue weighted by molar-refractivity contribution is -0.385. The fraction of sp³-hybridized carbons (Fsp3) is 0.333. The van der Waals surface area contributed by atoms with Crippen LogP contribution >= 0.6 is 11.3 Å². The normalized spacial score (nSPS) is 15.4. The maximum absolute atomic E-state index is 12.1. The molecule has 1 aromatic carbocycles. The molecule has 1 saturated heterocycles. The first-order chi connectivity index (χ1) is 13.0. The molecule has 0 N–H and O–H groups in total. The summed E-state index contributed by atoms with van der Waals surface area (Å²) in [5.74, 6) is 0. The molecule has 0 saturated carbocycles. The monoisotopic (exact) mass is 385 g/mol. The van der Waals surface area contributed by atoms with E-state index in [-0.39, 0.29) is 16.2 Å². The molecule has 0 amide bonds. The number of aryl methyl sites for hydroxylation is 1. The van der Waals surface area contributed by atoms with Crippen molar-refractivity contribution < 1.29 is 4.92 Å². The Hall–Kier alpha value is -2.78. The third-order valence-electron chi connectivity index (χ3n) is 4.86. The number of fused-ring (bicyclic) bond motifs is 1. The molecule has 3 heterocycles. The molecule has 0 atom stereocenters. The lowest BCUT2D eigenvalue weighted by Crippen LogP contribution is -2.46. The second kappa shape index (κ2) is 7.09. The fourth-order valence-corrected chi connectivity index (χ4v) is 4.14. The summed E-state index contributed by atoms with van der Waals surface area (Å²) in [5, 5.41) is 12.8. The molecule has 3 aromatic rings. The molecule has 2 aromatic heterocycles. The largest absolute Gasteiger partial charge is 0.369 e. The molecule has 0 aliphatic carbocycles.